The second-order valence-corrected chi connectivity index (χ2v) is 7.97. The van der Waals surface area contributed by atoms with Gasteiger partial charge in [0.15, 0.2) is 0 Å². The minimum atomic E-state index is 0.0674. The Labute approximate surface area is 161 Å². The number of fused-ring (bicyclic) bond motifs is 1. The number of urea groups is 1. The van der Waals surface area contributed by atoms with E-state index in [1.54, 1.807) is 0 Å². The zero-order chi connectivity index (χ0) is 18.6. The molecule has 4 rings (SSSR count). The largest absolute Gasteiger partial charge is 0.335 e. The highest BCUT2D eigenvalue weighted by molar-refractivity contribution is 5.96. The monoisotopic (exact) mass is 370 g/mol. The van der Waals surface area contributed by atoms with Crippen LogP contribution in [0.15, 0.2) is 24.3 Å². The van der Waals surface area contributed by atoms with Crippen molar-refractivity contribution in [2.45, 2.75) is 44.6 Å². The van der Waals surface area contributed by atoms with Crippen molar-refractivity contribution in [2.24, 2.45) is 0 Å². The van der Waals surface area contributed by atoms with E-state index in [9.17, 15) is 9.59 Å². The molecule has 1 aromatic rings. The smallest absolute Gasteiger partial charge is 0.317 e. The van der Waals surface area contributed by atoms with Gasteiger partial charge in [0.05, 0.1) is 6.54 Å². The maximum Gasteiger partial charge on any atom is 0.317 e. The molecule has 0 radical (unpaired) electrons. The van der Waals surface area contributed by atoms with Crippen LogP contribution in [0, 0.1) is 0 Å². The molecule has 0 spiro atoms. The van der Waals surface area contributed by atoms with Crippen molar-refractivity contribution in [3.63, 3.8) is 0 Å². The van der Waals surface area contributed by atoms with Crippen molar-refractivity contribution in [3.8, 4) is 0 Å². The number of hydrogen-bond donors (Lipinski definition) is 1. The van der Waals surface area contributed by atoms with Crippen molar-refractivity contribution in [3.05, 3.63) is 29.8 Å². The van der Waals surface area contributed by atoms with Gasteiger partial charge in [-0.3, -0.25) is 9.69 Å². The van der Waals surface area contributed by atoms with Crippen LogP contribution in [-0.4, -0.2) is 67.0 Å². The standard InChI is InChI=1S/C21H30N4O2/c26-20(25-11-5-7-17-6-1-4-10-19(17)25)16-23-12-14-24(15-13-23)21(27)22-18-8-2-3-9-18/h1,4,6,10,18H,2-3,5,7-9,11-16H2,(H,22,27). The summed E-state index contributed by atoms with van der Waals surface area (Å²) in [6.45, 7) is 4.16. The summed E-state index contributed by atoms with van der Waals surface area (Å²) >= 11 is 0. The van der Waals surface area contributed by atoms with Crippen LogP contribution in [0.5, 0.6) is 0 Å². The first kappa shape index (κ1) is 18.3. The molecule has 6 heteroatoms. The summed E-state index contributed by atoms with van der Waals surface area (Å²) < 4.78 is 0. The van der Waals surface area contributed by atoms with Gasteiger partial charge in [0.1, 0.15) is 0 Å². The average Bonchev–Trinajstić information content (AvgIpc) is 3.21. The maximum atomic E-state index is 12.9. The van der Waals surface area contributed by atoms with Gasteiger partial charge in [-0.25, -0.2) is 4.79 Å². The number of carbonyl (C=O) groups excluding carboxylic acids is 2. The maximum absolute atomic E-state index is 12.9. The predicted octanol–water partition coefficient (Wildman–Crippen LogP) is 2.24. The topological polar surface area (TPSA) is 55.9 Å². The Hall–Kier alpha value is -2.08. The van der Waals surface area contributed by atoms with E-state index in [-0.39, 0.29) is 11.9 Å². The molecule has 0 unspecified atom stereocenters. The van der Waals surface area contributed by atoms with Gasteiger partial charge in [-0.05, 0) is 37.3 Å². The van der Waals surface area contributed by atoms with Gasteiger partial charge in [0, 0.05) is 44.5 Å². The van der Waals surface area contributed by atoms with Crippen LogP contribution in [0.3, 0.4) is 0 Å². The lowest BCUT2D eigenvalue weighted by molar-refractivity contribution is -0.120. The summed E-state index contributed by atoms with van der Waals surface area (Å²) in [5.41, 5.74) is 2.34. The average molecular weight is 370 g/mol. The lowest BCUT2D eigenvalue weighted by Gasteiger charge is -2.36. The van der Waals surface area contributed by atoms with E-state index < -0.39 is 0 Å². The number of nitrogens with zero attached hydrogens (tertiary/aromatic N) is 3. The number of nitrogens with one attached hydrogen (secondary N) is 1. The van der Waals surface area contributed by atoms with Gasteiger partial charge in [-0.2, -0.15) is 0 Å². The molecule has 0 atom stereocenters. The first-order valence-corrected chi connectivity index (χ1v) is 10.4. The fourth-order valence-corrected chi connectivity index (χ4v) is 4.51. The fraction of sp³-hybridized carbons (Fsp3) is 0.619. The lowest BCUT2D eigenvalue weighted by Crippen LogP contribution is -2.55. The molecule has 146 valence electrons. The van der Waals surface area contributed by atoms with Crippen LogP contribution in [0.2, 0.25) is 0 Å². The van der Waals surface area contributed by atoms with Gasteiger partial charge < -0.3 is 15.1 Å². The van der Waals surface area contributed by atoms with E-state index in [4.69, 9.17) is 0 Å². The number of amides is 3. The van der Waals surface area contributed by atoms with Crippen molar-refractivity contribution in [1.29, 1.82) is 0 Å². The van der Waals surface area contributed by atoms with E-state index in [1.807, 2.05) is 21.9 Å². The van der Waals surface area contributed by atoms with Crippen molar-refractivity contribution < 1.29 is 9.59 Å². The third-order valence-electron chi connectivity index (χ3n) is 6.11. The molecule has 3 aliphatic rings. The molecule has 1 aliphatic carbocycles. The molecule has 0 bridgehead atoms. The minimum Gasteiger partial charge on any atom is -0.335 e. The SMILES string of the molecule is O=C(NC1CCCC1)N1CCN(CC(=O)N2CCCc3ccccc32)CC1. The predicted molar refractivity (Wildman–Crippen MR) is 106 cm³/mol. The van der Waals surface area contributed by atoms with Crippen molar-refractivity contribution >= 4 is 17.6 Å². The third-order valence-corrected chi connectivity index (χ3v) is 6.11. The molecule has 2 aliphatic heterocycles. The van der Waals surface area contributed by atoms with Crippen molar-refractivity contribution in [1.82, 2.24) is 15.1 Å². The molecule has 6 nitrogen and oxygen atoms in total. The quantitative estimate of drug-likeness (QED) is 0.888. The number of piperazine rings is 1. The zero-order valence-corrected chi connectivity index (χ0v) is 16.0. The number of anilines is 1. The number of rotatable bonds is 3. The van der Waals surface area contributed by atoms with Gasteiger partial charge in [0.25, 0.3) is 0 Å². The Morgan fingerprint density at radius 1 is 0.963 bits per heavy atom. The summed E-state index contributed by atoms with van der Waals surface area (Å²) in [6, 6.07) is 8.65. The summed E-state index contributed by atoms with van der Waals surface area (Å²) in [5, 5.41) is 3.16. The van der Waals surface area contributed by atoms with E-state index in [0.29, 0.717) is 25.7 Å². The molecule has 1 saturated carbocycles. The Kier molecular flexibility index (Phi) is 5.62. The molecule has 1 N–H and O–H groups in total. The van der Waals surface area contributed by atoms with Crippen LogP contribution in [0.1, 0.15) is 37.7 Å². The summed E-state index contributed by atoms with van der Waals surface area (Å²) in [7, 11) is 0. The van der Waals surface area contributed by atoms with Crippen LogP contribution in [0.4, 0.5) is 10.5 Å². The highest BCUT2D eigenvalue weighted by Gasteiger charge is 2.27. The lowest BCUT2D eigenvalue weighted by atomic mass is 10.0. The number of aryl methyl sites for hydroxylation is 1. The first-order valence-electron chi connectivity index (χ1n) is 10.4. The minimum absolute atomic E-state index is 0.0674. The van der Waals surface area contributed by atoms with Gasteiger partial charge >= 0.3 is 6.03 Å². The summed E-state index contributed by atoms with van der Waals surface area (Å²) in [6.07, 6.45) is 6.74. The van der Waals surface area contributed by atoms with Crippen LogP contribution >= 0.6 is 0 Å². The van der Waals surface area contributed by atoms with E-state index in [2.05, 4.69) is 22.3 Å². The molecular formula is C21H30N4O2. The Bertz CT molecular complexity index is 679. The molecule has 3 amide bonds. The Morgan fingerprint density at radius 2 is 1.70 bits per heavy atom. The molecule has 1 aromatic carbocycles. The Morgan fingerprint density at radius 3 is 2.48 bits per heavy atom. The molecule has 27 heavy (non-hydrogen) atoms. The number of benzene rings is 1. The van der Waals surface area contributed by atoms with E-state index in [0.717, 1.165) is 51.0 Å². The highest BCUT2D eigenvalue weighted by atomic mass is 16.2. The third kappa shape index (κ3) is 4.26. The summed E-state index contributed by atoms with van der Waals surface area (Å²) in [5.74, 6) is 0.172. The van der Waals surface area contributed by atoms with E-state index in [1.165, 1.54) is 18.4 Å². The highest BCUT2D eigenvalue weighted by Crippen LogP contribution is 2.26. The Balaban J connectivity index is 1.27. The fourth-order valence-electron chi connectivity index (χ4n) is 4.51. The second kappa shape index (κ2) is 8.30. The van der Waals surface area contributed by atoms with Crippen molar-refractivity contribution in [2.75, 3.05) is 44.2 Å². The number of carbonyl (C=O) groups is 2. The molecule has 1 saturated heterocycles. The molecule has 2 heterocycles. The number of hydrogen-bond acceptors (Lipinski definition) is 3. The normalized spacial score (nSPS) is 21.2. The molecule has 2 fully saturated rings. The molecular weight excluding hydrogens is 340 g/mol. The first-order chi connectivity index (χ1) is 13.2. The second-order valence-electron chi connectivity index (χ2n) is 7.97. The van der Waals surface area contributed by atoms with E-state index >= 15 is 0 Å². The van der Waals surface area contributed by atoms with Gasteiger partial charge in [0.2, 0.25) is 5.91 Å². The molecule has 0 aromatic heterocycles. The van der Waals surface area contributed by atoms with Crippen LogP contribution < -0.4 is 10.2 Å². The van der Waals surface area contributed by atoms with Crippen LogP contribution in [0.25, 0.3) is 0 Å². The van der Waals surface area contributed by atoms with Gasteiger partial charge in [-0.1, -0.05) is 31.0 Å². The number of para-hydroxylation sites is 1. The summed E-state index contributed by atoms with van der Waals surface area (Å²) in [4.78, 5) is 31.3. The van der Waals surface area contributed by atoms with Crippen LogP contribution in [-0.2, 0) is 11.2 Å². The van der Waals surface area contributed by atoms with Gasteiger partial charge in [-0.15, -0.1) is 0 Å². The zero-order valence-electron chi connectivity index (χ0n) is 16.0.